The van der Waals surface area contributed by atoms with Crippen LogP contribution in [0.1, 0.15) is 12.5 Å². The first-order valence-corrected chi connectivity index (χ1v) is 7.41. The third-order valence-electron chi connectivity index (χ3n) is 2.81. The molecule has 1 atom stereocenters. The second-order valence-electron chi connectivity index (χ2n) is 4.26. The van der Waals surface area contributed by atoms with Crippen molar-refractivity contribution in [3.8, 4) is 0 Å². The molecule has 7 heteroatoms. The lowest BCUT2D eigenvalue weighted by Crippen LogP contribution is -2.40. The number of hydrogen-bond donors (Lipinski definition) is 2. The van der Waals surface area contributed by atoms with Crippen molar-refractivity contribution in [3.05, 3.63) is 29.6 Å². The van der Waals surface area contributed by atoms with Gasteiger partial charge in [-0.3, -0.25) is 0 Å². The zero-order chi connectivity index (χ0) is 14.6. The number of likely N-dealkylation sites (N-methyl/N-ethyl adjacent to an activating group) is 1. The summed E-state index contributed by atoms with van der Waals surface area (Å²) in [7, 11) is -3.74. The van der Waals surface area contributed by atoms with Gasteiger partial charge in [0.1, 0.15) is 5.82 Å². The molecule has 1 aromatic carbocycles. The first kappa shape index (κ1) is 16.0. The molecule has 1 rings (SSSR count). The van der Waals surface area contributed by atoms with Crippen LogP contribution in [-0.4, -0.2) is 43.6 Å². The Morgan fingerprint density at radius 1 is 1.47 bits per heavy atom. The number of aliphatic hydroxyl groups is 1. The van der Waals surface area contributed by atoms with Crippen molar-refractivity contribution in [3.63, 3.8) is 0 Å². The van der Waals surface area contributed by atoms with Crippen LogP contribution in [-0.2, 0) is 10.0 Å². The molecule has 0 fully saturated rings. The standard InChI is InChI=1S/C12H19FN2O3S/c1-3-15(8-10(16)7-14)19(17,18)11-4-5-12(13)9(2)6-11/h4-6,10,16H,3,7-8,14H2,1-2H3/t10-/m0/s1. The maximum absolute atomic E-state index is 13.2. The highest BCUT2D eigenvalue weighted by atomic mass is 32.2. The molecule has 0 aromatic heterocycles. The van der Waals surface area contributed by atoms with E-state index in [9.17, 15) is 17.9 Å². The van der Waals surface area contributed by atoms with Gasteiger partial charge in [-0.2, -0.15) is 4.31 Å². The number of aliphatic hydroxyl groups excluding tert-OH is 1. The van der Waals surface area contributed by atoms with E-state index in [1.807, 2.05) is 0 Å². The zero-order valence-corrected chi connectivity index (χ0v) is 11.8. The number of nitrogens with two attached hydrogens (primary N) is 1. The van der Waals surface area contributed by atoms with Crippen molar-refractivity contribution in [1.82, 2.24) is 4.31 Å². The molecule has 0 aliphatic heterocycles. The normalized spacial score (nSPS) is 13.8. The molecule has 0 bridgehead atoms. The molecule has 5 nitrogen and oxygen atoms in total. The molecular formula is C12H19FN2O3S. The molecule has 0 saturated heterocycles. The van der Waals surface area contributed by atoms with Crippen LogP contribution in [0.3, 0.4) is 0 Å². The average Bonchev–Trinajstić information content (AvgIpc) is 2.38. The van der Waals surface area contributed by atoms with Crippen molar-refractivity contribution in [1.29, 1.82) is 0 Å². The zero-order valence-electron chi connectivity index (χ0n) is 11.0. The molecule has 0 aliphatic rings. The number of nitrogens with zero attached hydrogens (tertiary/aromatic N) is 1. The summed E-state index contributed by atoms with van der Waals surface area (Å²) in [5.41, 5.74) is 5.54. The van der Waals surface area contributed by atoms with E-state index in [0.717, 1.165) is 10.4 Å². The van der Waals surface area contributed by atoms with Gasteiger partial charge in [-0.05, 0) is 30.7 Å². The minimum Gasteiger partial charge on any atom is -0.390 e. The fraction of sp³-hybridized carbons (Fsp3) is 0.500. The fourth-order valence-electron chi connectivity index (χ4n) is 1.63. The maximum Gasteiger partial charge on any atom is 0.243 e. The Morgan fingerprint density at radius 2 is 2.11 bits per heavy atom. The molecule has 3 N–H and O–H groups in total. The van der Waals surface area contributed by atoms with Crippen LogP contribution in [0.15, 0.2) is 23.1 Å². The highest BCUT2D eigenvalue weighted by molar-refractivity contribution is 7.89. The lowest BCUT2D eigenvalue weighted by molar-refractivity contribution is 0.154. The minimum atomic E-state index is -3.74. The van der Waals surface area contributed by atoms with E-state index in [4.69, 9.17) is 5.73 Å². The Balaban J connectivity index is 3.09. The SMILES string of the molecule is CCN(C[C@@H](O)CN)S(=O)(=O)c1ccc(F)c(C)c1. The van der Waals surface area contributed by atoms with E-state index < -0.39 is 21.9 Å². The summed E-state index contributed by atoms with van der Waals surface area (Å²) in [6.07, 6.45) is -0.920. The summed E-state index contributed by atoms with van der Waals surface area (Å²) >= 11 is 0. The Hall–Kier alpha value is -1.02. The summed E-state index contributed by atoms with van der Waals surface area (Å²) in [6, 6.07) is 3.62. The number of aryl methyl sites for hydroxylation is 1. The highest BCUT2D eigenvalue weighted by Gasteiger charge is 2.25. The van der Waals surface area contributed by atoms with Crippen molar-refractivity contribution >= 4 is 10.0 Å². The van der Waals surface area contributed by atoms with Crippen LogP contribution in [0.4, 0.5) is 4.39 Å². The molecule has 0 amide bonds. The van der Waals surface area contributed by atoms with Gasteiger partial charge in [-0.15, -0.1) is 0 Å². The van der Waals surface area contributed by atoms with E-state index in [-0.39, 0.29) is 30.1 Å². The van der Waals surface area contributed by atoms with Crippen LogP contribution >= 0.6 is 0 Å². The molecule has 0 heterocycles. The molecule has 0 spiro atoms. The predicted octanol–water partition coefficient (Wildman–Crippen LogP) is 0.464. The molecular weight excluding hydrogens is 271 g/mol. The van der Waals surface area contributed by atoms with Crippen LogP contribution in [0, 0.1) is 12.7 Å². The first-order valence-electron chi connectivity index (χ1n) is 5.97. The van der Waals surface area contributed by atoms with Crippen LogP contribution in [0.2, 0.25) is 0 Å². The number of sulfonamides is 1. The second-order valence-corrected chi connectivity index (χ2v) is 6.19. The van der Waals surface area contributed by atoms with Gasteiger partial charge in [0, 0.05) is 19.6 Å². The summed E-state index contributed by atoms with van der Waals surface area (Å²) in [6.45, 7) is 3.27. The lowest BCUT2D eigenvalue weighted by Gasteiger charge is -2.23. The predicted molar refractivity (Wildman–Crippen MR) is 70.6 cm³/mol. The van der Waals surface area contributed by atoms with Gasteiger partial charge in [0.15, 0.2) is 0 Å². The smallest absolute Gasteiger partial charge is 0.243 e. The molecule has 108 valence electrons. The molecule has 0 aliphatic carbocycles. The average molecular weight is 290 g/mol. The van der Waals surface area contributed by atoms with E-state index in [2.05, 4.69) is 0 Å². The van der Waals surface area contributed by atoms with Crippen molar-refractivity contribution < 1.29 is 17.9 Å². The molecule has 19 heavy (non-hydrogen) atoms. The Morgan fingerprint density at radius 3 is 2.58 bits per heavy atom. The Labute approximate surface area is 112 Å². The van der Waals surface area contributed by atoms with Gasteiger partial charge in [0.05, 0.1) is 11.0 Å². The third-order valence-corrected chi connectivity index (χ3v) is 4.74. The topological polar surface area (TPSA) is 83.6 Å². The van der Waals surface area contributed by atoms with E-state index in [0.29, 0.717) is 0 Å². The van der Waals surface area contributed by atoms with Crippen LogP contribution < -0.4 is 5.73 Å². The van der Waals surface area contributed by atoms with Crippen LogP contribution in [0.25, 0.3) is 0 Å². The lowest BCUT2D eigenvalue weighted by atomic mass is 10.2. The second kappa shape index (κ2) is 6.42. The number of halogens is 1. The van der Waals surface area contributed by atoms with E-state index in [1.54, 1.807) is 6.92 Å². The van der Waals surface area contributed by atoms with Gasteiger partial charge in [0.2, 0.25) is 10.0 Å². The third kappa shape index (κ3) is 3.73. The van der Waals surface area contributed by atoms with Gasteiger partial charge in [0.25, 0.3) is 0 Å². The maximum atomic E-state index is 13.2. The first-order chi connectivity index (χ1) is 8.82. The fourth-order valence-corrected chi connectivity index (χ4v) is 3.21. The van der Waals surface area contributed by atoms with Crippen molar-refractivity contribution in [2.45, 2.75) is 24.8 Å². The monoisotopic (exact) mass is 290 g/mol. The van der Waals surface area contributed by atoms with E-state index in [1.165, 1.54) is 19.1 Å². The molecule has 0 unspecified atom stereocenters. The van der Waals surface area contributed by atoms with Crippen molar-refractivity contribution in [2.24, 2.45) is 5.73 Å². The molecule has 0 radical (unpaired) electrons. The Kier molecular flexibility index (Phi) is 5.42. The van der Waals surface area contributed by atoms with Gasteiger partial charge >= 0.3 is 0 Å². The number of rotatable bonds is 6. The van der Waals surface area contributed by atoms with Gasteiger partial charge in [-0.1, -0.05) is 6.92 Å². The van der Waals surface area contributed by atoms with Gasteiger partial charge in [-0.25, -0.2) is 12.8 Å². The number of hydrogen-bond acceptors (Lipinski definition) is 4. The van der Waals surface area contributed by atoms with Crippen LogP contribution in [0.5, 0.6) is 0 Å². The molecule has 0 saturated carbocycles. The summed E-state index contributed by atoms with van der Waals surface area (Å²) in [5.74, 6) is -0.455. The molecule has 1 aromatic rings. The highest BCUT2D eigenvalue weighted by Crippen LogP contribution is 2.18. The summed E-state index contributed by atoms with van der Waals surface area (Å²) in [4.78, 5) is 0.0115. The summed E-state index contributed by atoms with van der Waals surface area (Å²) < 4.78 is 39.0. The minimum absolute atomic E-state index is 0.0115. The van der Waals surface area contributed by atoms with E-state index >= 15 is 0 Å². The van der Waals surface area contributed by atoms with Crippen molar-refractivity contribution in [2.75, 3.05) is 19.6 Å². The van der Waals surface area contributed by atoms with Gasteiger partial charge < -0.3 is 10.8 Å². The quantitative estimate of drug-likeness (QED) is 0.797. The number of benzene rings is 1. The largest absolute Gasteiger partial charge is 0.390 e. The Bertz CT molecular complexity index is 534. The summed E-state index contributed by atoms with van der Waals surface area (Å²) in [5, 5.41) is 9.48.